The van der Waals surface area contributed by atoms with Crippen molar-refractivity contribution in [3.63, 3.8) is 0 Å². The molecule has 0 spiro atoms. The molecule has 3 heterocycles. The molecule has 4 rings (SSSR count). The normalized spacial score (nSPS) is 20.9. The van der Waals surface area contributed by atoms with Gasteiger partial charge in [-0.2, -0.15) is 0 Å². The number of H-pyrrole nitrogens is 1. The van der Waals surface area contributed by atoms with E-state index in [9.17, 15) is 4.79 Å². The fraction of sp³-hybridized carbons (Fsp3) is 0.444. The van der Waals surface area contributed by atoms with Crippen molar-refractivity contribution in [3.8, 4) is 5.75 Å². The number of quaternary nitrogens is 1. The first-order chi connectivity index (χ1) is 11.7. The van der Waals surface area contributed by atoms with Crippen LogP contribution in [0.2, 0.25) is 0 Å². The van der Waals surface area contributed by atoms with Crippen LogP contribution in [0.5, 0.6) is 5.75 Å². The molecule has 1 aliphatic heterocycles. The summed E-state index contributed by atoms with van der Waals surface area (Å²) in [6, 6.07) is 6.25. The number of aromatic nitrogens is 3. The average molecular weight is 327 g/mol. The zero-order valence-corrected chi connectivity index (χ0v) is 14.1. The maximum atomic E-state index is 12.9. The number of aromatic amines is 1. The number of nitrogens with one attached hydrogen (secondary N) is 2. The van der Waals surface area contributed by atoms with Crippen LogP contribution in [0, 0.1) is 0 Å². The Kier molecular flexibility index (Phi) is 3.76. The highest BCUT2D eigenvalue weighted by molar-refractivity contribution is 6.04. The second-order valence-electron chi connectivity index (χ2n) is 6.56. The van der Waals surface area contributed by atoms with Gasteiger partial charge in [0.2, 0.25) is 0 Å². The molecule has 2 N–H and O–H groups in total. The molecule has 1 fully saturated rings. The molecular weight excluding hydrogens is 304 g/mol. The molecule has 126 valence electrons. The number of likely N-dealkylation sites (tertiary alicyclic amines) is 1. The molecule has 1 aliphatic rings. The fourth-order valence-electron chi connectivity index (χ4n) is 3.93. The minimum atomic E-state index is 0.0116. The predicted molar refractivity (Wildman–Crippen MR) is 93.8 cm³/mol. The number of nitrogens with zero attached hydrogens (tertiary/aromatic N) is 2. The highest BCUT2D eigenvalue weighted by atomic mass is 16.5. The van der Waals surface area contributed by atoms with E-state index < -0.39 is 0 Å². The summed E-state index contributed by atoms with van der Waals surface area (Å²) in [5.41, 5.74) is 2.22. The Morgan fingerprint density at radius 2 is 2.33 bits per heavy atom. The first-order valence-electron chi connectivity index (χ1n) is 8.60. The lowest BCUT2D eigenvalue weighted by Gasteiger charge is -2.20. The largest absolute Gasteiger partial charge is 0.497 e. The van der Waals surface area contributed by atoms with Gasteiger partial charge in [-0.25, -0.2) is 4.98 Å². The van der Waals surface area contributed by atoms with E-state index >= 15 is 0 Å². The topological polar surface area (TPSA) is 64.3 Å². The van der Waals surface area contributed by atoms with Gasteiger partial charge < -0.3 is 14.6 Å². The number of benzene rings is 1. The highest BCUT2D eigenvalue weighted by Gasteiger charge is 2.27. The van der Waals surface area contributed by atoms with E-state index in [0.29, 0.717) is 11.6 Å². The molecule has 2 atom stereocenters. The predicted octanol–water partition coefficient (Wildman–Crippen LogP) is 0.954. The molecule has 3 aromatic rings. The summed E-state index contributed by atoms with van der Waals surface area (Å²) in [4.78, 5) is 22.3. The minimum Gasteiger partial charge on any atom is -0.497 e. The van der Waals surface area contributed by atoms with Crippen molar-refractivity contribution in [2.75, 3.05) is 20.2 Å². The third-order valence-corrected chi connectivity index (χ3v) is 5.28. The third kappa shape index (κ3) is 2.38. The number of hydrogen-bond acceptors (Lipinski definition) is 3. The molecule has 6 nitrogen and oxygen atoms in total. The summed E-state index contributed by atoms with van der Waals surface area (Å²) in [6.07, 6.45) is 4.12. The lowest BCUT2D eigenvalue weighted by atomic mass is 10.2. The van der Waals surface area contributed by atoms with Crippen LogP contribution in [-0.2, 0) is 6.54 Å². The molecule has 0 aliphatic carbocycles. The van der Waals surface area contributed by atoms with Crippen LogP contribution < -0.4 is 15.2 Å². The molecule has 1 unspecified atom stereocenters. The summed E-state index contributed by atoms with van der Waals surface area (Å²) < 4.78 is 7.04. The molecule has 2 aromatic heterocycles. The van der Waals surface area contributed by atoms with Crippen molar-refractivity contribution >= 4 is 21.9 Å². The third-order valence-electron chi connectivity index (χ3n) is 5.28. The second-order valence-corrected chi connectivity index (χ2v) is 6.56. The van der Waals surface area contributed by atoms with Gasteiger partial charge in [0.25, 0.3) is 5.56 Å². The average Bonchev–Trinajstić information content (AvgIpc) is 3.21. The van der Waals surface area contributed by atoms with Gasteiger partial charge in [-0.3, -0.25) is 9.36 Å². The smallest absolute Gasteiger partial charge is 0.277 e. The Morgan fingerprint density at radius 1 is 1.46 bits per heavy atom. The van der Waals surface area contributed by atoms with Crippen LogP contribution >= 0.6 is 0 Å². The molecule has 0 radical (unpaired) electrons. The lowest BCUT2D eigenvalue weighted by Crippen LogP contribution is -3.13. The van der Waals surface area contributed by atoms with E-state index in [1.807, 2.05) is 18.2 Å². The van der Waals surface area contributed by atoms with Gasteiger partial charge >= 0.3 is 0 Å². The Morgan fingerprint density at radius 3 is 3.12 bits per heavy atom. The summed E-state index contributed by atoms with van der Waals surface area (Å²) in [6.45, 7) is 5.27. The number of hydrogen-bond donors (Lipinski definition) is 2. The van der Waals surface area contributed by atoms with Crippen LogP contribution in [0.4, 0.5) is 0 Å². The first-order valence-corrected chi connectivity index (χ1v) is 8.60. The van der Waals surface area contributed by atoms with Crippen molar-refractivity contribution in [2.24, 2.45) is 0 Å². The van der Waals surface area contributed by atoms with Crippen molar-refractivity contribution in [1.29, 1.82) is 0 Å². The number of ether oxygens (including phenoxy) is 1. The fourth-order valence-corrected chi connectivity index (χ4v) is 3.93. The molecule has 0 amide bonds. The Hall–Kier alpha value is -2.34. The SMILES string of the molecule is CC[NH+]1CCC[C@H]1Cn1cnc2c([nH]c3ccc(OC)cc32)c1=O. The van der Waals surface area contributed by atoms with Gasteiger partial charge in [-0.1, -0.05) is 0 Å². The summed E-state index contributed by atoms with van der Waals surface area (Å²) in [5, 5.41) is 0.926. The second kappa shape index (κ2) is 5.94. The Bertz CT molecular complexity index is 943. The highest BCUT2D eigenvalue weighted by Crippen LogP contribution is 2.25. The quantitative estimate of drug-likeness (QED) is 0.750. The summed E-state index contributed by atoms with van der Waals surface area (Å²) in [5.74, 6) is 0.766. The molecule has 6 heteroatoms. The van der Waals surface area contributed by atoms with Crippen molar-refractivity contribution in [2.45, 2.75) is 32.4 Å². The molecule has 24 heavy (non-hydrogen) atoms. The molecule has 1 saturated heterocycles. The molecular formula is C18H23N4O2+. The van der Waals surface area contributed by atoms with Crippen molar-refractivity contribution in [1.82, 2.24) is 14.5 Å². The molecule has 1 aromatic carbocycles. The lowest BCUT2D eigenvalue weighted by molar-refractivity contribution is -0.911. The monoisotopic (exact) mass is 327 g/mol. The van der Waals surface area contributed by atoms with Crippen LogP contribution in [0.1, 0.15) is 19.8 Å². The van der Waals surface area contributed by atoms with E-state index in [1.54, 1.807) is 22.9 Å². The summed E-state index contributed by atoms with van der Waals surface area (Å²) in [7, 11) is 1.64. The van der Waals surface area contributed by atoms with Gasteiger partial charge in [0.15, 0.2) is 0 Å². The van der Waals surface area contributed by atoms with Crippen molar-refractivity contribution < 1.29 is 9.64 Å². The number of methoxy groups -OCH3 is 1. The van der Waals surface area contributed by atoms with E-state index in [1.165, 1.54) is 19.4 Å². The molecule has 0 saturated carbocycles. The van der Waals surface area contributed by atoms with Gasteiger partial charge in [-0.15, -0.1) is 0 Å². The Balaban J connectivity index is 1.77. The van der Waals surface area contributed by atoms with Crippen LogP contribution in [0.3, 0.4) is 0 Å². The maximum Gasteiger partial charge on any atom is 0.277 e. The number of rotatable bonds is 4. The zero-order valence-electron chi connectivity index (χ0n) is 14.1. The standard InChI is InChI=1S/C18H22N4O2/c1-3-21-8-4-5-12(21)10-22-11-19-16-14-9-13(24-2)6-7-15(14)20-17(16)18(22)23/h6-7,9,11-12,20H,3-5,8,10H2,1-2H3/p+1/t12-/m0/s1. The van der Waals surface area contributed by atoms with E-state index in [-0.39, 0.29) is 5.56 Å². The van der Waals surface area contributed by atoms with Gasteiger partial charge in [-0.05, 0) is 25.1 Å². The Labute approximate surface area is 140 Å². The van der Waals surface area contributed by atoms with Crippen molar-refractivity contribution in [3.05, 3.63) is 34.9 Å². The maximum absolute atomic E-state index is 12.9. The number of fused-ring (bicyclic) bond motifs is 3. The van der Waals surface area contributed by atoms with E-state index in [0.717, 1.165) is 35.3 Å². The minimum absolute atomic E-state index is 0.0116. The number of likely N-dealkylation sites (N-methyl/N-ethyl adjacent to an activating group) is 1. The van der Waals surface area contributed by atoms with Gasteiger partial charge in [0, 0.05) is 23.7 Å². The van der Waals surface area contributed by atoms with E-state index in [2.05, 4.69) is 16.9 Å². The van der Waals surface area contributed by atoms with Crippen LogP contribution in [0.25, 0.3) is 21.9 Å². The van der Waals surface area contributed by atoms with Crippen LogP contribution in [-0.4, -0.2) is 40.8 Å². The van der Waals surface area contributed by atoms with E-state index in [4.69, 9.17) is 4.74 Å². The van der Waals surface area contributed by atoms with Gasteiger partial charge in [0.1, 0.15) is 22.8 Å². The van der Waals surface area contributed by atoms with Crippen LogP contribution in [0.15, 0.2) is 29.3 Å². The summed E-state index contributed by atoms with van der Waals surface area (Å²) >= 11 is 0. The zero-order chi connectivity index (χ0) is 16.7. The van der Waals surface area contributed by atoms with Gasteiger partial charge in [0.05, 0.1) is 33.1 Å². The molecule has 0 bridgehead atoms. The first kappa shape index (κ1) is 15.2.